The lowest BCUT2D eigenvalue weighted by Gasteiger charge is -2.21. The van der Waals surface area contributed by atoms with Gasteiger partial charge in [0.15, 0.2) is 11.5 Å². The second-order valence-corrected chi connectivity index (χ2v) is 8.54. The number of rotatable bonds is 8. The van der Waals surface area contributed by atoms with Gasteiger partial charge in [-0.3, -0.25) is 4.98 Å². The zero-order valence-corrected chi connectivity index (χ0v) is 20.7. The topological polar surface area (TPSA) is 52.6 Å². The maximum Gasteiger partial charge on any atom is 0.162 e. The molecule has 4 rings (SSSR count). The quantitative estimate of drug-likeness (QED) is 0.322. The number of methoxy groups -OCH3 is 3. The fourth-order valence-electron chi connectivity index (χ4n) is 4.34. The molecule has 176 valence electrons. The Labute approximate surface area is 201 Å². The standard InChI is InChI=1S/C29H32N2O3/c1-18-19(2)26(31-20(3)22-8-7-9-24(15-22)32-4)11-10-21(18)14-23-12-13-30-27-17-29(34-6)28(33-5)16-25(23)27/h7-13,15-17,20,31H,14H2,1-6H3. The van der Waals surface area contributed by atoms with Crippen LogP contribution in [-0.2, 0) is 6.42 Å². The van der Waals surface area contributed by atoms with Gasteiger partial charge in [0.2, 0.25) is 0 Å². The number of anilines is 1. The van der Waals surface area contributed by atoms with E-state index in [9.17, 15) is 0 Å². The lowest BCUT2D eigenvalue weighted by Crippen LogP contribution is -2.09. The smallest absolute Gasteiger partial charge is 0.162 e. The summed E-state index contributed by atoms with van der Waals surface area (Å²) in [6, 6.07) is 18.8. The minimum atomic E-state index is 0.158. The molecular weight excluding hydrogens is 424 g/mol. The predicted octanol–water partition coefficient (Wildman–Crippen LogP) is 6.64. The molecule has 1 aromatic heterocycles. The number of hydrogen-bond donors (Lipinski definition) is 1. The molecule has 0 amide bonds. The molecule has 34 heavy (non-hydrogen) atoms. The van der Waals surface area contributed by atoms with E-state index in [1.807, 2.05) is 30.5 Å². The maximum absolute atomic E-state index is 5.53. The van der Waals surface area contributed by atoms with Crippen molar-refractivity contribution >= 4 is 16.6 Å². The molecule has 0 aliphatic heterocycles. The van der Waals surface area contributed by atoms with Crippen LogP contribution < -0.4 is 19.5 Å². The van der Waals surface area contributed by atoms with E-state index in [-0.39, 0.29) is 6.04 Å². The molecule has 0 aliphatic carbocycles. The summed E-state index contributed by atoms with van der Waals surface area (Å²) in [6.07, 6.45) is 2.67. The van der Waals surface area contributed by atoms with Crippen LogP contribution in [0.3, 0.4) is 0 Å². The summed E-state index contributed by atoms with van der Waals surface area (Å²) in [6.45, 7) is 6.54. The van der Waals surface area contributed by atoms with E-state index >= 15 is 0 Å². The number of benzene rings is 3. The Balaban J connectivity index is 1.62. The molecule has 5 heteroatoms. The lowest BCUT2D eigenvalue weighted by molar-refractivity contribution is 0.356. The number of ether oxygens (including phenoxy) is 3. The van der Waals surface area contributed by atoms with Crippen molar-refractivity contribution in [2.24, 2.45) is 0 Å². The Hall–Kier alpha value is -3.73. The highest BCUT2D eigenvalue weighted by Gasteiger charge is 2.14. The molecule has 1 unspecified atom stereocenters. The van der Waals surface area contributed by atoms with Gasteiger partial charge < -0.3 is 19.5 Å². The fourth-order valence-corrected chi connectivity index (χ4v) is 4.34. The van der Waals surface area contributed by atoms with Gasteiger partial charge in [0, 0.05) is 29.4 Å². The van der Waals surface area contributed by atoms with Crippen LogP contribution in [0, 0.1) is 13.8 Å². The van der Waals surface area contributed by atoms with Crippen LogP contribution in [0.5, 0.6) is 17.2 Å². The van der Waals surface area contributed by atoms with Gasteiger partial charge in [-0.25, -0.2) is 0 Å². The van der Waals surface area contributed by atoms with Gasteiger partial charge in [-0.2, -0.15) is 0 Å². The van der Waals surface area contributed by atoms with E-state index in [4.69, 9.17) is 14.2 Å². The van der Waals surface area contributed by atoms with Crippen LogP contribution in [0.15, 0.2) is 60.8 Å². The molecule has 0 spiro atoms. The zero-order valence-electron chi connectivity index (χ0n) is 20.7. The number of fused-ring (bicyclic) bond motifs is 1. The van der Waals surface area contributed by atoms with E-state index in [2.05, 4.69) is 61.4 Å². The average molecular weight is 457 g/mol. The predicted molar refractivity (Wildman–Crippen MR) is 139 cm³/mol. The summed E-state index contributed by atoms with van der Waals surface area (Å²) in [5.41, 5.74) is 8.27. The Morgan fingerprint density at radius 2 is 1.59 bits per heavy atom. The number of aromatic nitrogens is 1. The molecule has 0 bridgehead atoms. The molecule has 1 atom stereocenters. The molecule has 0 fully saturated rings. The first-order valence-corrected chi connectivity index (χ1v) is 11.4. The van der Waals surface area contributed by atoms with Crippen LogP contribution in [-0.4, -0.2) is 26.3 Å². The van der Waals surface area contributed by atoms with Crippen molar-refractivity contribution in [3.8, 4) is 17.2 Å². The van der Waals surface area contributed by atoms with Crippen molar-refractivity contribution < 1.29 is 14.2 Å². The Morgan fingerprint density at radius 3 is 2.32 bits per heavy atom. The highest BCUT2D eigenvalue weighted by Crippen LogP contribution is 2.34. The second kappa shape index (κ2) is 10.0. The highest BCUT2D eigenvalue weighted by atomic mass is 16.5. The van der Waals surface area contributed by atoms with E-state index in [0.29, 0.717) is 11.5 Å². The molecule has 0 radical (unpaired) electrons. The minimum Gasteiger partial charge on any atom is -0.497 e. The van der Waals surface area contributed by atoms with Gasteiger partial charge >= 0.3 is 0 Å². The van der Waals surface area contributed by atoms with Crippen molar-refractivity contribution in [2.45, 2.75) is 33.2 Å². The molecule has 4 aromatic rings. The van der Waals surface area contributed by atoms with Crippen LogP contribution >= 0.6 is 0 Å². The summed E-state index contributed by atoms with van der Waals surface area (Å²) in [5, 5.41) is 4.75. The van der Waals surface area contributed by atoms with Gasteiger partial charge in [-0.05, 0) is 85.3 Å². The van der Waals surface area contributed by atoms with Gasteiger partial charge in [-0.15, -0.1) is 0 Å². The molecule has 0 aliphatic rings. The normalized spacial score (nSPS) is 11.8. The first kappa shape index (κ1) is 23.4. The van der Waals surface area contributed by atoms with Crippen molar-refractivity contribution in [3.05, 3.63) is 88.6 Å². The van der Waals surface area contributed by atoms with Crippen molar-refractivity contribution in [1.82, 2.24) is 4.98 Å². The van der Waals surface area contributed by atoms with Gasteiger partial charge in [-0.1, -0.05) is 18.2 Å². The first-order chi connectivity index (χ1) is 16.4. The number of nitrogens with zero attached hydrogens (tertiary/aromatic N) is 1. The van der Waals surface area contributed by atoms with Crippen LogP contribution in [0.1, 0.15) is 40.8 Å². The Kier molecular flexibility index (Phi) is 6.92. The highest BCUT2D eigenvalue weighted by molar-refractivity contribution is 5.86. The van der Waals surface area contributed by atoms with Crippen LogP contribution in [0.2, 0.25) is 0 Å². The summed E-state index contributed by atoms with van der Waals surface area (Å²) in [7, 11) is 5.00. The summed E-state index contributed by atoms with van der Waals surface area (Å²) >= 11 is 0. The Bertz CT molecular complexity index is 1320. The zero-order chi connectivity index (χ0) is 24.2. The van der Waals surface area contributed by atoms with E-state index in [1.165, 1.54) is 27.8 Å². The molecule has 5 nitrogen and oxygen atoms in total. The third kappa shape index (κ3) is 4.65. The third-order valence-electron chi connectivity index (χ3n) is 6.58. The molecule has 1 N–H and O–H groups in total. The number of hydrogen-bond acceptors (Lipinski definition) is 5. The SMILES string of the molecule is COc1cccc(C(C)Nc2ccc(Cc3ccnc4cc(OC)c(OC)cc34)c(C)c2C)c1. The minimum absolute atomic E-state index is 0.158. The maximum atomic E-state index is 5.53. The number of nitrogens with one attached hydrogen (secondary N) is 1. The molecule has 0 saturated carbocycles. The monoisotopic (exact) mass is 456 g/mol. The van der Waals surface area contributed by atoms with E-state index < -0.39 is 0 Å². The fraction of sp³-hybridized carbons (Fsp3) is 0.276. The summed E-state index contributed by atoms with van der Waals surface area (Å²) < 4.78 is 16.4. The molecule has 0 saturated heterocycles. The van der Waals surface area contributed by atoms with Crippen molar-refractivity contribution in [2.75, 3.05) is 26.6 Å². The van der Waals surface area contributed by atoms with E-state index in [1.54, 1.807) is 21.3 Å². The summed E-state index contributed by atoms with van der Waals surface area (Å²) in [5.74, 6) is 2.27. The lowest BCUT2D eigenvalue weighted by atomic mass is 9.94. The van der Waals surface area contributed by atoms with Gasteiger partial charge in [0.25, 0.3) is 0 Å². The summed E-state index contributed by atoms with van der Waals surface area (Å²) in [4.78, 5) is 4.54. The first-order valence-electron chi connectivity index (χ1n) is 11.4. The third-order valence-corrected chi connectivity index (χ3v) is 6.58. The van der Waals surface area contributed by atoms with E-state index in [0.717, 1.165) is 28.8 Å². The van der Waals surface area contributed by atoms with Crippen LogP contribution in [0.4, 0.5) is 5.69 Å². The van der Waals surface area contributed by atoms with Crippen molar-refractivity contribution in [1.29, 1.82) is 0 Å². The Morgan fingerprint density at radius 1 is 0.824 bits per heavy atom. The van der Waals surface area contributed by atoms with Crippen LogP contribution in [0.25, 0.3) is 10.9 Å². The molecule has 3 aromatic carbocycles. The van der Waals surface area contributed by atoms with Gasteiger partial charge in [0.1, 0.15) is 5.75 Å². The largest absolute Gasteiger partial charge is 0.497 e. The van der Waals surface area contributed by atoms with Crippen molar-refractivity contribution in [3.63, 3.8) is 0 Å². The molecule has 1 heterocycles. The number of pyridine rings is 1. The second-order valence-electron chi connectivity index (χ2n) is 8.54. The van der Waals surface area contributed by atoms with Gasteiger partial charge in [0.05, 0.1) is 26.8 Å². The average Bonchev–Trinajstić information content (AvgIpc) is 2.87. The molecular formula is C29H32N2O3.